The SMILES string of the molecule is c1ccc2c(c1)CSNCN2. The fourth-order valence-corrected chi connectivity index (χ4v) is 1.81. The van der Waals surface area contributed by atoms with Gasteiger partial charge in [0.05, 0.1) is 6.67 Å². The summed E-state index contributed by atoms with van der Waals surface area (Å²) in [6, 6.07) is 8.40. The molecule has 0 spiro atoms. The highest BCUT2D eigenvalue weighted by Crippen LogP contribution is 2.21. The van der Waals surface area contributed by atoms with E-state index in [-0.39, 0.29) is 0 Å². The molecule has 0 radical (unpaired) electrons. The van der Waals surface area contributed by atoms with Gasteiger partial charge < -0.3 is 5.32 Å². The molecule has 11 heavy (non-hydrogen) atoms. The van der Waals surface area contributed by atoms with Crippen LogP contribution in [0.1, 0.15) is 5.56 Å². The van der Waals surface area contributed by atoms with Crippen LogP contribution < -0.4 is 10.0 Å². The van der Waals surface area contributed by atoms with Crippen LogP contribution in [0, 0.1) is 0 Å². The smallest absolute Gasteiger partial charge is 0.0746 e. The van der Waals surface area contributed by atoms with Crippen LogP contribution in [0.15, 0.2) is 24.3 Å². The maximum atomic E-state index is 3.29. The molecule has 0 aromatic heterocycles. The second kappa shape index (κ2) is 3.15. The molecule has 0 saturated heterocycles. The van der Waals surface area contributed by atoms with Crippen molar-refractivity contribution in [2.24, 2.45) is 0 Å². The van der Waals surface area contributed by atoms with Crippen molar-refractivity contribution in [3.63, 3.8) is 0 Å². The lowest BCUT2D eigenvalue weighted by Gasteiger charge is -2.03. The minimum absolute atomic E-state index is 0.849. The predicted molar refractivity (Wildman–Crippen MR) is 49.4 cm³/mol. The molecule has 1 aromatic rings. The number of fused-ring (bicyclic) bond motifs is 1. The minimum Gasteiger partial charge on any atom is -0.371 e. The molecule has 2 N–H and O–H groups in total. The summed E-state index contributed by atoms with van der Waals surface area (Å²) in [5.74, 6) is 1.04. The van der Waals surface area contributed by atoms with Crippen LogP contribution in [0.3, 0.4) is 0 Å². The first-order valence-electron chi connectivity index (χ1n) is 3.63. The summed E-state index contributed by atoms with van der Waals surface area (Å²) in [4.78, 5) is 0. The van der Waals surface area contributed by atoms with Crippen LogP contribution in [0.25, 0.3) is 0 Å². The molecule has 0 atom stereocenters. The maximum absolute atomic E-state index is 3.29. The van der Waals surface area contributed by atoms with Crippen molar-refractivity contribution in [2.45, 2.75) is 5.75 Å². The molecular weight excluding hydrogens is 156 g/mol. The Kier molecular flexibility index (Phi) is 2.01. The molecule has 1 aliphatic rings. The van der Waals surface area contributed by atoms with Gasteiger partial charge in [-0.3, -0.25) is 0 Å². The molecule has 0 unspecified atom stereocenters. The Morgan fingerprint density at radius 2 is 2.18 bits per heavy atom. The van der Waals surface area contributed by atoms with E-state index < -0.39 is 0 Å². The number of benzene rings is 1. The molecule has 0 aliphatic carbocycles. The summed E-state index contributed by atoms with van der Waals surface area (Å²) < 4.78 is 3.20. The normalized spacial score (nSPS) is 16.4. The fraction of sp³-hybridized carbons (Fsp3) is 0.250. The van der Waals surface area contributed by atoms with Crippen molar-refractivity contribution in [1.29, 1.82) is 0 Å². The van der Waals surface area contributed by atoms with E-state index in [4.69, 9.17) is 0 Å². The molecule has 3 heteroatoms. The van der Waals surface area contributed by atoms with Crippen molar-refractivity contribution in [2.75, 3.05) is 12.0 Å². The zero-order chi connectivity index (χ0) is 7.52. The van der Waals surface area contributed by atoms with Gasteiger partial charge in [-0.15, -0.1) is 0 Å². The van der Waals surface area contributed by atoms with Gasteiger partial charge in [0, 0.05) is 11.4 Å². The number of rotatable bonds is 0. The monoisotopic (exact) mass is 166 g/mol. The molecule has 58 valence electrons. The van der Waals surface area contributed by atoms with Gasteiger partial charge in [-0.05, 0) is 11.6 Å². The van der Waals surface area contributed by atoms with Gasteiger partial charge in [-0.1, -0.05) is 30.1 Å². The highest BCUT2D eigenvalue weighted by Gasteiger charge is 2.03. The topological polar surface area (TPSA) is 24.1 Å². The average Bonchev–Trinajstić information content (AvgIpc) is 2.28. The quantitative estimate of drug-likeness (QED) is 0.575. The highest BCUT2D eigenvalue weighted by molar-refractivity contribution is 7.96. The van der Waals surface area contributed by atoms with Crippen molar-refractivity contribution in [3.05, 3.63) is 29.8 Å². The average molecular weight is 166 g/mol. The number of hydrogen-bond acceptors (Lipinski definition) is 3. The Morgan fingerprint density at radius 1 is 1.27 bits per heavy atom. The van der Waals surface area contributed by atoms with Gasteiger partial charge in [0.2, 0.25) is 0 Å². The van der Waals surface area contributed by atoms with E-state index in [1.165, 1.54) is 11.3 Å². The van der Waals surface area contributed by atoms with Crippen LogP contribution in [-0.2, 0) is 5.75 Å². The number of nitrogens with one attached hydrogen (secondary N) is 2. The third-order valence-electron chi connectivity index (χ3n) is 1.70. The van der Waals surface area contributed by atoms with Crippen molar-refractivity contribution in [3.8, 4) is 0 Å². The molecular formula is C8H10N2S. The van der Waals surface area contributed by atoms with E-state index in [9.17, 15) is 0 Å². The van der Waals surface area contributed by atoms with E-state index in [0.29, 0.717) is 0 Å². The van der Waals surface area contributed by atoms with Crippen LogP contribution in [0.5, 0.6) is 0 Å². The zero-order valence-electron chi connectivity index (χ0n) is 6.13. The molecule has 0 fully saturated rings. The number of hydrogen-bond donors (Lipinski definition) is 2. The molecule has 0 bridgehead atoms. The first-order valence-corrected chi connectivity index (χ1v) is 4.62. The lowest BCUT2D eigenvalue weighted by molar-refractivity contribution is 1.06. The molecule has 2 nitrogen and oxygen atoms in total. The number of para-hydroxylation sites is 1. The first kappa shape index (κ1) is 7.00. The Bertz CT molecular complexity index is 225. The second-order valence-electron chi connectivity index (χ2n) is 2.44. The van der Waals surface area contributed by atoms with Crippen LogP contribution in [0.2, 0.25) is 0 Å². The van der Waals surface area contributed by atoms with Crippen molar-refractivity contribution in [1.82, 2.24) is 4.72 Å². The minimum atomic E-state index is 0.849. The van der Waals surface area contributed by atoms with E-state index >= 15 is 0 Å². The van der Waals surface area contributed by atoms with Gasteiger partial charge in [0.15, 0.2) is 0 Å². The largest absolute Gasteiger partial charge is 0.371 e. The summed E-state index contributed by atoms with van der Waals surface area (Å²) in [5.41, 5.74) is 2.63. The van der Waals surface area contributed by atoms with E-state index in [1.54, 1.807) is 11.9 Å². The third-order valence-corrected chi connectivity index (χ3v) is 2.50. The third kappa shape index (κ3) is 1.49. The number of anilines is 1. The van der Waals surface area contributed by atoms with Gasteiger partial charge in [-0.25, -0.2) is 4.72 Å². The molecule has 0 amide bonds. The van der Waals surface area contributed by atoms with Crippen LogP contribution in [-0.4, -0.2) is 6.67 Å². The Hall–Kier alpha value is -0.670. The van der Waals surface area contributed by atoms with E-state index in [0.717, 1.165) is 12.4 Å². The summed E-state index contributed by atoms with van der Waals surface area (Å²) in [6.45, 7) is 0.849. The molecule has 1 heterocycles. The first-order chi connectivity index (χ1) is 5.47. The van der Waals surface area contributed by atoms with Gasteiger partial charge >= 0.3 is 0 Å². The molecule has 1 aliphatic heterocycles. The standard InChI is InChI=1S/C8H10N2S/c1-2-4-8-7(3-1)5-11-10-6-9-8/h1-4,9-10H,5-6H2. The Morgan fingerprint density at radius 3 is 3.18 bits per heavy atom. The Balaban J connectivity index is 2.33. The summed E-state index contributed by atoms with van der Waals surface area (Å²) in [6.07, 6.45) is 0. The van der Waals surface area contributed by atoms with Gasteiger partial charge in [-0.2, -0.15) is 0 Å². The summed E-state index contributed by atoms with van der Waals surface area (Å²) >= 11 is 1.75. The maximum Gasteiger partial charge on any atom is 0.0746 e. The van der Waals surface area contributed by atoms with Crippen molar-refractivity contribution < 1.29 is 0 Å². The van der Waals surface area contributed by atoms with Crippen LogP contribution >= 0.6 is 11.9 Å². The molecule has 1 aromatic carbocycles. The molecule has 0 saturated carbocycles. The second-order valence-corrected chi connectivity index (χ2v) is 3.31. The Labute approximate surface area is 70.5 Å². The summed E-state index contributed by atoms with van der Waals surface area (Å²) in [7, 11) is 0. The van der Waals surface area contributed by atoms with Crippen LogP contribution in [0.4, 0.5) is 5.69 Å². The zero-order valence-corrected chi connectivity index (χ0v) is 6.95. The van der Waals surface area contributed by atoms with Gasteiger partial charge in [0.25, 0.3) is 0 Å². The molecule has 2 rings (SSSR count). The van der Waals surface area contributed by atoms with E-state index in [2.05, 4.69) is 34.3 Å². The van der Waals surface area contributed by atoms with E-state index in [1.807, 2.05) is 0 Å². The fourth-order valence-electron chi connectivity index (χ4n) is 1.13. The lowest BCUT2D eigenvalue weighted by atomic mass is 10.2. The predicted octanol–water partition coefficient (Wildman–Crippen LogP) is 1.81. The van der Waals surface area contributed by atoms with Crippen molar-refractivity contribution >= 4 is 17.6 Å². The highest BCUT2D eigenvalue weighted by atomic mass is 32.2. The van der Waals surface area contributed by atoms with Gasteiger partial charge in [0.1, 0.15) is 0 Å². The lowest BCUT2D eigenvalue weighted by Crippen LogP contribution is -2.12. The summed E-state index contributed by atoms with van der Waals surface area (Å²) in [5, 5.41) is 3.29.